The topological polar surface area (TPSA) is 93.0 Å². The summed E-state index contributed by atoms with van der Waals surface area (Å²) in [5.74, 6) is -0.252. The SMILES string of the molecule is O=C(Nc1ccc(-n2cnnn2)cc1)[C@@H]1CC(=O)N(C2CCCC2)C1. The number of amides is 2. The fraction of sp³-hybridized carbons (Fsp3) is 0.471. The van der Waals surface area contributed by atoms with Gasteiger partial charge in [0.05, 0.1) is 11.6 Å². The molecule has 2 amide bonds. The van der Waals surface area contributed by atoms with Gasteiger partial charge >= 0.3 is 0 Å². The molecule has 2 fully saturated rings. The lowest BCUT2D eigenvalue weighted by atomic mass is 10.1. The van der Waals surface area contributed by atoms with E-state index in [1.165, 1.54) is 19.2 Å². The summed E-state index contributed by atoms with van der Waals surface area (Å²) in [6.07, 6.45) is 6.32. The van der Waals surface area contributed by atoms with E-state index in [9.17, 15) is 9.59 Å². The molecule has 1 atom stereocenters. The summed E-state index contributed by atoms with van der Waals surface area (Å²) in [7, 11) is 0. The van der Waals surface area contributed by atoms with Crippen LogP contribution in [0.4, 0.5) is 5.69 Å². The minimum atomic E-state index is -0.271. The number of hydrogen-bond acceptors (Lipinski definition) is 5. The van der Waals surface area contributed by atoms with E-state index < -0.39 is 0 Å². The number of rotatable bonds is 4. The molecule has 8 nitrogen and oxygen atoms in total. The van der Waals surface area contributed by atoms with Gasteiger partial charge in [-0.1, -0.05) is 12.8 Å². The smallest absolute Gasteiger partial charge is 0.229 e. The first-order chi connectivity index (χ1) is 12.2. The van der Waals surface area contributed by atoms with Gasteiger partial charge in [-0.15, -0.1) is 5.10 Å². The Bertz CT molecular complexity index is 752. The van der Waals surface area contributed by atoms with Crippen molar-refractivity contribution in [2.45, 2.75) is 38.1 Å². The summed E-state index contributed by atoms with van der Waals surface area (Å²) in [6, 6.07) is 7.61. The molecule has 1 saturated carbocycles. The highest BCUT2D eigenvalue weighted by molar-refractivity contribution is 5.97. The van der Waals surface area contributed by atoms with Gasteiger partial charge in [-0.05, 0) is 47.5 Å². The van der Waals surface area contributed by atoms with Gasteiger partial charge in [0.15, 0.2) is 0 Å². The highest BCUT2D eigenvalue weighted by Gasteiger charge is 2.38. The van der Waals surface area contributed by atoms with Crippen LogP contribution in [0.1, 0.15) is 32.1 Å². The molecule has 2 aromatic rings. The molecule has 1 aromatic carbocycles. The van der Waals surface area contributed by atoms with Crippen molar-refractivity contribution in [1.82, 2.24) is 25.1 Å². The molecule has 0 unspecified atom stereocenters. The largest absolute Gasteiger partial charge is 0.339 e. The number of likely N-dealkylation sites (tertiary alicyclic amines) is 1. The van der Waals surface area contributed by atoms with Crippen molar-refractivity contribution < 1.29 is 9.59 Å². The van der Waals surface area contributed by atoms with Crippen LogP contribution in [-0.2, 0) is 9.59 Å². The summed E-state index contributed by atoms with van der Waals surface area (Å²) in [6.45, 7) is 0.540. The lowest BCUT2D eigenvalue weighted by Gasteiger charge is -2.23. The number of aromatic nitrogens is 4. The number of nitrogens with zero attached hydrogens (tertiary/aromatic N) is 5. The third-order valence-electron chi connectivity index (χ3n) is 5.04. The molecule has 0 spiro atoms. The van der Waals surface area contributed by atoms with Gasteiger partial charge in [-0.25, -0.2) is 4.68 Å². The van der Waals surface area contributed by atoms with Gasteiger partial charge in [-0.3, -0.25) is 9.59 Å². The summed E-state index contributed by atoms with van der Waals surface area (Å²) in [5, 5.41) is 13.9. The van der Waals surface area contributed by atoms with Crippen LogP contribution in [-0.4, -0.2) is 49.5 Å². The van der Waals surface area contributed by atoms with E-state index in [0.29, 0.717) is 24.7 Å². The first-order valence-corrected chi connectivity index (χ1v) is 8.64. The number of nitrogens with one attached hydrogen (secondary N) is 1. The maximum atomic E-state index is 12.5. The summed E-state index contributed by atoms with van der Waals surface area (Å²) < 4.78 is 1.54. The molecule has 1 aliphatic carbocycles. The molecule has 2 heterocycles. The van der Waals surface area contributed by atoms with Crippen LogP contribution in [0.25, 0.3) is 5.69 Å². The predicted octanol–water partition coefficient (Wildman–Crippen LogP) is 1.39. The number of anilines is 1. The summed E-state index contributed by atoms with van der Waals surface area (Å²) in [5.41, 5.74) is 1.51. The Morgan fingerprint density at radius 3 is 2.60 bits per heavy atom. The van der Waals surface area contributed by atoms with Crippen LogP contribution in [0.3, 0.4) is 0 Å². The van der Waals surface area contributed by atoms with Gasteiger partial charge < -0.3 is 10.2 Å². The zero-order chi connectivity index (χ0) is 17.2. The molecule has 1 aliphatic heterocycles. The second kappa shape index (κ2) is 6.62. The van der Waals surface area contributed by atoms with Crippen LogP contribution in [0.5, 0.6) is 0 Å². The Labute approximate surface area is 145 Å². The van der Waals surface area contributed by atoms with Crippen molar-refractivity contribution in [3.05, 3.63) is 30.6 Å². The predicted molar refractivity (Wildman–Crippen MR) is 89.9 cm³/mol. The first kappa shape index (κ1) is 15.7. The Kier molecular flexibility index (Phi) is 4.17. The molecule has 0 radical (unpaired) electrons. The quantitative estimate of drug-likeness (QED) is 0.908. The monoisotopic (exact) mass is 340 g/mol. The van der Waals surface area contributed by atoms with Crippen molar-refractivity contribution in [3.63, 3.8) is 0 Å². The average molecular weight is 340 g/mol. The number of carbonyl (C=O) groups is 2. The minimum Gasteiger partial charge on any atom is -0.339 e. The summed E-state index contributed by atoms with van der Waals surface area (Å²) in [4.78, 5) is 26.7. The lowest BCUT2D eigenvalue weighted by Crippen LogP contribution is -2.35. The molecule has 1 aromatic heterocycles. The standard InChI is InChI=1S/C17H20N6O2/c24-16-9-12(10-22(16)14-3-1-2-4-14)17(25)19-13-5-7-15(8-6-13)23-11-18-20-21-23/h5-8,11-12,14H,1-4,9-10H2,(H,19,25)/t12-/m1/s1. The Morgan fingerprint density at radius 1 is 1.16 bits per heavy atom. The molecule has 8 heteroatoms. The van der Waals surface area contributed by atoms with E-state index in [1.807, 2.05) is 17.0 Å². The van der Waals surface area contributed by atoms with Crippen molar-refractivity contribution >= 4 is 17.5 Å². The Hall–Kier alpha value is -2.77. The second-order valence-electron chi connectivity index (χ2n) is 6.68. The molecule has 4 rings (SSSR count). The fourth-order valence-electron chi connectivity index (χ4n) is 3.70. The van der Waals surface area contributed by atoms with Gasteiger partial charge in [0.1, 0.15) is 6.33 Å². The molecule has 0 bridgehead atoms. The molecule has 1 N–H and O–H groups in total. The number of carbonyl (C=O) groups excluding carboxylic acids is 2. The van der Waals surface area contributed by atoms with E-state index >= 15 is 0 Å². The Balaban J connectivity index is 1.38. The van der Waals surface area contributed by atoms with Crippen molar-refractivity contribution in [3.8, 4) is 5.69 Å². The third kappa shape index (κ3) is 3.24. The van der Waals surface area contributed by atoms with Gasteiger partial charge in [0.25, 0.3) is 0 Å². The maximum absolute atomic E-state index is 12.5. The van der Waals surface area contributed by atoms with E-state index in [0.717, 1.165) is 18.5 Å². The number of benzene rings is 1. The minimum absolute atomic E-state index is 0.0935. The zero-order valence-corrected chi connectivity index (χ0v) is 13.8. The van der Waals surface area contributed by atoms with E-state index in [2.05, 4.69) is 20.8 Å². The van der Waals surface area contributed by atoms with Gasteiger partial charge in [0, 0.05) is 24.7 Å². The molecule has 25 heavy (non-hydrogen) atoms. The van der Waals surface area contributed by atoms with E-state index in [4.69, 9.17) is 0 Å². The summed E-state index contributed by atoms with van der Waals surface area (Å²) >= 11 is 0. The van der Waals surface area contributed by atoms with Crippen LogP contribution in [0.15, 0.2) is 30.6 Å². The van der Waals surface area contributed by atoms with Crippen LogP contribution in [0.2, 0.25) is 0 Å². The molecule has 1 saturated heterocycles. The normalized spacial score (nSPS) is 21.0. The maximum Gasteiger partial charge on any atom is 0.229 e. The number of hydrogen-bond donors (Lipinski definition) is 1. The molecular formula is C17H20N6O2. The van der Waals surface area contributed by atoms with E-state index in [1.54, 1.807) is 16.8 Å². The van der Waals surface area contributed by atoms with Crippen molar-refractivity contribution in [2.24, 2.45) is 5.92 Å². The van der Waals surface area contributed by atoms with Crippen LogP contribution < -0.4 is 5.32 Å². The van der Waals surface area contributed by atoms with Crippen molar-refractivity contribution in [2.75, 3.05) is 11.9 Å². The third-order valence-corrected chi connectivity index (χ3v) is 5.04. The van der Waals surface area contributed by atoms with Crippen molar-refractivity contribution in [1.29, 1.82) is 0 Å². The zero-order valence-electron chi connectivity index (χ0n) is 13.8. The highest BCUT2D eigenvalue weighted by atomic mass is 16.2. The molecular weight excluding hydrogens is 320 g/mol. The Morgan fingerprint density at radius 2 is 1.92 bits per heavy atom. The molecule has 2 aliphatic rings. The fourth-order valence-corrected chi connectivity index (χ4v) is 3.70. The molecule has 130 valence electrons. The lowest BCUT2D eigenvalue weighted by molar-refractivity contribution is -0.129. The van der Waals surface area contributed by atoms with Crippen LogP contribution in [0, 0.1) is 5.92 Å². The highest BCUT2D eigenvalue weighted by Crippen LogP contribution is 2.30. The second-order valence-corrected chi connectivity index (χ2v) is 6.68. The van der Waals surface area contributed by atoms with E-state index in [-0.39, 0.29) is 17.7 Å². The van der Waals surface area contributed by atoms with Gasteiger partial charge in [0.2, 0.25) is 11.8 Å². The first-order valence-electron chi connectivity index (χ1n) is 8.64. The van der Waals surface area contributed by atoms with Gasteiger partial charge in [-0.2, -0.15) is 0 Å². The number of tetrazole rings is 1. The van der Waals surface area contributed by atoms with Crippen LogP contribution >= 0.6 is 0 Å². The average Bonchev–Trinajstić information content (AvgIpc) is 3.37.